The van der Waals surface area contributed by atoms with Gasteiger partial charge in [-0.2, -0.15) is 0 Å². The Morgan fingerprint density at radius 2 is 1.92 bits per heavy atom. The van der Waals surface area contributed by atoms with E-state index in [1.54, 1.807) is 18.3 Å². The zero-order valence-electron chi connectivity index (χ0n) is 20.3. The summed E-state index contributed by atoms with van der Waals surface area (Å²) in [6.07, 6.45) is 9.45. The number of aliphatic hydroxyl groups is 1. The number of hydrogen-bond acceptors (Lipinski definition) is 6. The molecule has 9 heteroatoms. The first-order chi connectivity index (χ1) is 17.6. The molecule has 36 heavy (non-hydrogen) atoms. The Balaban J connectivity index is 1.44. The maximum atomic E-state index is 13.4. The first-order valence-corrected chi connectivity index (χ1v) is 12.5. The van der Waals surface area contributed by atoms with Crippen molar-refractivity contribution in [3.05, 3.63) is 78.3 Å². The number of benzene rings is 1. The molecule has 192 valence electrons. The van der Waals surface area contributed by atoms with Crippen LogP contribution in [0.3, 0.4) is 0 Å². The second-order valence-electron chi connectivity index (χ2n) is 9.34. The molecule has 1 aliphatic rings. The fourth-order valence-electron chi connectivity index (χ4n) is 4.72. The summed E-state index contributed by atoms with van der Waals surface area (Å²) >= 11 is 0. The zero-order chi connectivity index (χ0) is 25.2. The molecule has 0 radical (unpaired) electrons. The molecule has 4 N–H and O–H groups in total. The molecule has 1 fully saturated rings. The SMILES string of the molecule is O=C(N[C@@H](Cc1c[nH]cn1)C(=O)N[C@H](CC1CCCCC1)[C@H](O)c1ccco1)OCc1ccccc1. The Morgan fingerprint density at radius 3 is 2.61 bits per heavy atom. The van der Waals surface area contributed by atoms with E-state index in [1.165, 1.54) is 19.0 Å². The second-order valence-corrected chi connectivity index (χ2v) is 9.34. The normalized spacial score (nSPS) is 16.6. The summed E-state index contributed by atoms with van der Waals surface area (Å²) in [4.78, 5) is 33.1. The molecule has 3 atom stereocenters. The molecule has 1 saturated carbocycles. The van der Waals surface area contributed by atoms with Crippen LogP contribution in [-0.4, -0.2) is 39.2 Å². The number of carbonyl (C=O) groups excluding carboxylic acids is 2. The Bertz CT molecular complexity index is 1050. The molecule has 3 aromatic rings. The van der Waals surface area contributed by atoms with Crippen molar-refractivity contribution in [2.75, 3.05) is 0 Å². The smallest absolute Gasteiger partial charge is 0.408 e. The molecule has 1 aromatic carbocycles. The van der Waals surface area contributed by atoms with Crippen LogP contribution in [0.2, 0.25) is 0 Å². The van der Waals surface area contributed by atoms with E-state index in [0.29, 0.717) is 23.8 Å². The highest BCUT2D eigenvalue weighted by atomic mass is 16.5. The van der Waals surface area contributed by atoms with Crippen LogP contribution in [0.25, 0.3) is 0 Å². The van der Waals surface area contributed by atoms with Gasteiger partial charge < -0.3 is 29.9 Å². The summed E-state index contributed by atoms with van der Waals surface area (Å²) in [5.41, 5.74) is 1.46. The number of rotatable bonds is 11. The van der Waals surface area contributed by atoms with Crippen LogP contribution < -0.4 is 10.6 Å². The third-order valence-electron chi connectivity index (χ3n) is 6.64. The second kappa shape index (κ2) is 12.9. The van der Waals surface area contributed by atoms with E-state index < -0.39 is 30.2 Å². The minimum Gasteiger partial charge on any atom is -0.467 e. The number of aliphatic hydroxyl groups excluding tert-OH is 1. The van der Waals surface area contributed by atoms with Gasteiger partial charge in [-0.15, -0.1) is 0 Å². The van der Waals surface area contributed by atoms with Crippen molar-refractivity contribution >= 4 is 12.0 Å². The minimum absolute atomic E-state index is 0.0882. The van der Waals surface area contributed by atoms with E-state index in [1.807, 2.05) is 30.3 Å². The van der Waals surface area contributed by atoms with Crippen LogP contribution in [0.15, 0.2) is 65.7 Å². The van der Waals surface area contributed by atoms with Crippen LogP contribution in [0.5, 0.6) is 0 Å². The maximum absolute atomic E-state index is 13.4. The third kappa shape index (κ3) is 7.45. The van der Waals surface area contributed by atoms with Crippen molar-refractivity contribution < 1.29 is 23.8 Å². The first kappa shape index (κ1) is 25.5. The number of ether oxygens (including phenoxy) is 1. The molecule has 0 unspecified atom stereocenters. The van der Waals surface area contributed by atoms with Gasteiger partial charge in [0, 0.05) is 12.6 Å². The van der Waals surface area contributed by atoms with Crippen LogP contribution in [0.1, 0.15) is 61.6 Å². The van der Waals surface area contributed by atoms with E-state index in [-0.39, 0.29) is 13.0 Å². The molecule has 4 rings (SSSR count). The van der Waals surface area contributed by atoms with Crippen molar-refractivity contribution in [1.29, 1.82) is 0 Å². The summed E-state index contributed by atoms with van der Waals surface area (Å²) in [5, 5.41) is 16.7. The molecule has 0 bridgehead atoms. The quantitative estimate of drug-likeness (QED) is 0.319. The lowest BCUT2D eigenvalue weighted by molar-refractivity contribution is -0.125. The first-order valence-electron chi connectivity index (χ1n) is 12.5. The van der Waals surface area contributed by atoms with Crippen LogP contribution in [-0.2, 0) is 22.6 Å². The van der Waals surface area contributed by atoms with Gasteiger partial charge in [0.15, 0.2) is 0 Å². The lowest BCUT2D eigenvalue weighted by Gasteiger charge is -2.30. The average Bonchev–Trinajstić information content (AvgIpc) is 3.62. The van der Waals surface area contributed by atoms with Crippen molar-refractivity contribution in [2.45, 2.75) is 69.7 Å². The summed E-state index contributed by atoms with van der Waals surface area (Å²) < 4.78 is 10.8. The van der Waals surface area contributed by atoms with Crippen molar-refractivity contribution in [3.8, 4) is 0 Å². The van der Waals surface area contributed by atoms with E-state index in [2.05, 4.69) is 20.6 Å². The topological polar surface area (TPSA) is 129 Å². The minimum atomic E-state index is -0.998. The molecule has 0 saturated heterocycles. The number of nitrogens with one attached hydrogen (secondary N) is 3. The lowest BCUT2D eigenvalue weighted by Crippen LogP contribution is -2.52. The molecular formula is C27H34N4O5. The van der Waals surface area contributed by atoms with Gasteiger partial charge in [-0.05, 0) is 30.0 Å². The van der Waals surface area contributed by atoms with Crippen molar-refractivity contribution in [2.24, 2.45) is 5.92 Å². The summed E-state index contributed by atoms with van der Waals surface area (Å²) in [6, 6.07) is 11.2. The number of furan rings is 1. The van der Waals surface area contributed by atoms with Gasteiger partial charge in [0.1, 0.15) is 24.5 Å². The Morgan fingerprint density at radius 1 is 1.11 bits per heavy atom. The van der Waals surface area contributed by atoms with Gasteiger partial charge in [-0.1, -0.05) is 62.4 Å². The van der Waals surface area contributed by atoms with Crippen LogP contribution in [0.4, 0.5) is 4.79 Å². The number of carbonyl (C=O) groups is 2. The summed E-state index contributed by atoms with van der Waals surface area (Å²) in [6.45, 7) is 0.0882. The molecule has 1 aliphatic carbocycles. The van der Waals surface area contributed by atoms with Gasteiger partial charge in [-0.25, -0.2) is 9.78 Å². The molecule has 2 aromatic heterocycles. The molecule has 2 amide bonds. The van der Waals surface area contributed by atoms with Gasteiger partial charge in [0.2, 0.25) is 5.91 Å². The van der Waals surface area contributed by atoms with E-state index in [0.717, 1.165) is 31.2 Å². The van der Waals surface area contributed by atoms with Gasteiger partial charge >= 0.3 is 6.09 Å². The fourth-order valence-corrected chi connectivity index (χ4v) is 4.72. The maximum Gasteiger partial charge on any atom is 0.408 e. The van der Waals surface area contributed by atoms with Gasteiger partial charge in [0.25, 0.3) is 0 Å². The molecule has 2 heterocycles. The number of amides is 2. The summed E-state index contributed by atoms with van der Waals surface area (Å²) in [5.74, 6) is 0.388. The zero-order valence-corrected chi connectivity index (χ0v) is 20.3. The molecule has 9 nitrogen and oxygen atoms in total. The van der Waals surface area contributed by atoms with Crippen LogP contribution >= 0.6 is 0 Å². The van der Waals surface area contributed by atoms with Crippen molar-refractivity contribution in [1.82, 2.24) is 20.6 Å². The average molecular weight is 495 g/mol. The Hall–Kier alpha value is -3.59. The number of H-pyrrole nitrogens is 1. The van der Waals surface area contributed by atoms with Crippen molar-refractivity contribution in [3.63, 3.8) is 0 Å². The van der Waals surface area contributed by atoms with Gasteiger partial charge in [-0.3, -0.25) is 4.79 Å². The standard InChI is InChI=1S/C27H34N4O5/c32-25(24-12-7-13-35-24)22(14-19-8-3-1-4-9-19)30-26(33)23(15-21-16-28-18-29-21)31-27(34)36-17-20-10-5-2-6-11-20/h2,5-7,10-13,16,18-19,22-23,25,32H,1,3-4,8-9,14-15,17H2,(H,28,29)(H,30,33)(H,31,34)/t22-,23+,25+/m1/s1. The number of imidazole rings is 1. The molecular weight excluding hydrogens is 460 g/mol. The highest BCUT2D eigenvalue weighted by Crippen LogP contribution is 2.31. The third-order valence-corrected chi connectivity index (χ3v) is 6.64. The number of aromatic amines is 1. The van der Waals surface area contributed by atoms with E-state index in [9.17, 15) is 14.7 Å². The lowest BCUT2D eigenvalue weighted by atomic mass is 9.83. The number of hydrogen-bond donors (Lipinski definition) is 4. The van der Waals surface area contributed by atoms with Crippen LogP contribution in [0, 0.1) is 5.92 Å². The molecule has 0 spiro atoms. The summed E-state index contributed by atoms with van der Waals surface area (Å²) in [7, 11) is 0. The predicted molar refractivity (Wildman–Crippen MR) is 133 cm³/mol. The predicted octanol–water partition coefficient (Wildman–Crippen LogP) is 4.03. The Labute approximate surface area is 210 Å². The number of aromatic nitrogens is 2. The fraction of sp³-hybridized carbons (Fsp3) is 0.444. The Kier molecular flexibility index (Phi) is 9.15. The number of alkyl carbamates (subject to hydrolysis) is 1. The monoisotopic (exact) mass is 494 g/mol. The molecule has 0 aliphatic heterocycles. The van der Waals surface area contributed by atoms with E-state index >= 15 is 0 Å². The highest BCUT2D eigenvalue weighted by molar-refractivity contribution is 5.86. The van der Waals surface area contributed by atoms with Gasteiger partial charge in [0.05, 0.1) is 24.3 Å². The highest BCUT2D eigenvalue weighted by Gasteiger charge is 2.32. The van der Waals surface area contributed by atoms with E-state index in [4.69, 9.17) is 9.15 Å². The largest absolute Gasteiger partial charge is 0.467 e. The number of nitrogens with zero attached hydrogens (tertiary/aromatic N) is 1.